The van der Waals surface area contributed by atoms with E-state index in [0.717, 1.165) is 17.6 Å². The van der Waals surface area contributed by atoms with Crippen LogP contribution in [0.1, 0.15) is 6.92 Å². The highest BCUT2D eigenvalue weighted by molar-refractivity contribution is 5.86. The van der Waals surface area contributed by atoms with Crippen molar-refractivity contribution in [2.45, 2.75) is 6.92 Å². The molecule has 0 rings (SSSR count). The van der Waals surface area contributed by atoms with Gasteiger partial charge in [-0.2, -0.15) is 0 Å². The lowest BCUT2D eigenvalue weighted by Crippen LogP contribution is -2.44. The van der Waals surface area contributed by atoms with Crippen LogP contribution in [0.3, 0.4) is 0 Å². The Kier molecular flexibility index (Phi) is 4.59. The van der Waals surface area contributed by atoms with Crippen molar-refractivity contribution < 1.29 is 9.28 Å². The van der Waals surface area contributed by atoms with Gasteiger partial charge in [-0.25, -0.2) is 0 Å². The minimum Gasteiger partial charge on any atom is -0.347 e. The molecule has 0 unspecified atom stereocenters. The molecule has 0 saturated heterocycles. The van der Waals surface area contributed by atoms with E-state index in [-0.39, 0.29) is 5.91 Å². The van der Waals surface area contributed by atoms with E-state index in [2.05, 4.69) is 32.9 Å². The van der Waals surface area contributed by atoms with Crippen molar-refractivity contribution in [3.05, 3.63) is 12.7 Å². The van der Waals surface area contributed by atoms with E-state index in [1.807, 2.05) is 0 Å². The molecule has 0 aromatic heterocycles. The van der Waals surface area contributed by atoms with E-state index in [1.165, 1.54) is 6.08 Å². The third-order valence-corrected chi connectivity index (χ3v) is 2.06. The first-order valence-corrected chi connectivity index (χ1v) is 4.24. The van der Waals surface area contributed by atoms with Crippen molar-refractivity contribution in [1.29, 1.82) is 0 Å². The summed E-state index contributed by atoms with van der Waals surface area (Å²) in [6.45, 7) is 8.25. The molecule has 70 valence electrons. The molecule has 3 nitrogen and oxygen atoms in total. The average Bonchev–Trinajstić information content (AvgIpc) is 2.04. The fourth-order valence-corrected chi connectivity index (χ4v) is 0.712. The van der Waals surface area contributed by atoms with Gasteiger partial charge in [-0.1, -0.05) is 6.58 Å². The number of likely N-dealkylation sites (N-methyl/N-ethyl adjacent to an activating group) is 1. The third kappa shape index (κ3) is 4.91. The second-order valence-electron chi connectivity index (χ2n) is 3.47. The minimum atomic E-state index is -0.0916. The first kappa shape index (κ1) is 11.2. The van der Waals surface area contributed by atoms with Crippen LogP contribution in [-0.2, 0) is 4.79 Å². The highest BCUT2D eigenvalue weighted by Gasteiger charge is 2.10. The van der Waals surface area contributed by atoms with Gasteiger partial charge in [0.2, 0.25) is 5.91 Å². The molecular formula is C9H19N2O+. The Balaban J connectivity index is 3.56. The maximum Gasteiger partial charge on any atom is 0.243 e. The fourth-order valence-electron chi connectivity index (χ4n) is 0.712. The van der Waals surface area contributed by atoms with Crippen LogP contribution in [0, 0.1) is 0 Å². The minimum absolute atomic E-state index is 0.0916. The highest BCUT2D eigenvalue weighted by Crippen LogP contribution is 1.92. The maximum atomic E-state index is 10.7. The summed E-state index contributed by atoms with van der Waals surface area (Å²) in [4.78, 5) is 10.7. The Labute approximate surface area is 74.7 Å². The third-order valence-electron chi connectivity index (χ3n) is 2.06. The van der Waals surface area contributed by atoms with Gasteiger partial charge in [-0.15, -0.1) is 0 Å². The molecular weight excluding hydrogens is 152 g/mol. The quantitative estimate of drug-likeness (QED) is 0.470. The van der Waals surface area contributed by atoms with Crippen LogP contribution in [0.25, 0.3) is 0 Å². The second-order valence-corrected chi connectivity index (χ2v) is 3.47. The van der Waals surface area contributed by atoms with Gasteiger partial charge >= 0.3 is 0 Å². The van der Waals surface area contributed by atoms with Crippen LogP contribution in [-0.4, -0.2) is 44.1 Å². The highest BCUT2D eigenvalue weighted by atomic mass is 16.1. The lowest BCUT2D eigenvalue weighted by atomic mass is 10.4. The van der Waals surface area contributed by atoms with Gasteiger partial charge in [0.1, 0.15) is 0 Å². The maximum absolute atomic E-state index is 10.7. The zero-order valence-corrected chi connectivity index (χ0v) is 8.26. The molecule has 3 heteroatoms. The summed E-state index contributed by atoms with van der Waals surface area (Å²) < 4.78 is 0.928. The van der Waals surface area contributed by atoms with Gasteiger partial charge in [-0.05, 0) is 13.0 Å². The van der Waals surface area contributed by atoms with Crippen molar-refractivity contribution in [3.63, 3.8) is 0 Å². The Bertz CT molecular complexity index is 164. The molecule has 1 N–H and O–H groups in total. The molecule has 0 spiro atoms. The van der Waals surface area contributed by atoms with E-state index in [0.29, 0.717) is 6.54 Å². The molecule has 0 fully saturated rings. The molecule has 0 aromatic carbocycles. The lowest BCUT2D eigenvalue weighted by molar-refractivity contribution is -0.887. The van der Waals surface area contributed by atoms with Gasteiger partial charge < -0.3 is 9.80 Å². The molecule has 0 heterocycles. The number of rotatable bonds is 5. The molecule has 0 aliphatic rings. The van der Waals surface area contributed by atoms with Crippen molar-refractivity contribution in [1.82, 2.24) is 5.32 Å². The van der Waals surface area contributed by atoms with Gasteiger partial charge in [0.15, 0.2) is 0 Å². The number of carbonyl (C=O) groups excluding carboxylic acids is 1. The standard InChI is InChI=1S/C9H18N2O/c1-5-9(12)10-7-8-11(3,4)6-2/h5H,1,6-8H2,2-4H3/p+1. The summed E-state index contributed by atoms with van der Waals surface area (Å²) >= 11 is 0. The molecule has 1 amide bonds. The number of quaternary nitrogens is 1. The predicted molar refractivity (Wildman–Crippen MR) is 50.7 cm³/mol. The van der Waals surface area contributed by atoms with Crippen molar-refractivity contribution in [3.8, 4) is 0 Å². The summed E-state index contributed by atoms with van der Waals surface area (Å²) in [6.07, 6.45) is 1.30. The van der Waals surface area contributed by atoms with Crippen LogP contribution < -0.4 is 5.32 Å². The Morgan fingerprint density at radius 3 is 2.58 bits per heavy atom. The zero-order valence-electron chi connectivity index (χ0n) is 8.26. The molecule has 0 aliphatic heterocycles. The number of amides is 1. The summed E-state index contributed by atoms with van der Waals surface area (Å²) in [5.74, 6) is -0.0916. The largest absolute Gasteiger partial charge is 0.347 e. The summed E-state index contributed by atoms with van der Waals surface area (Å²) in [5.41, 5.74) is 0. The lowest BCUT2D eigenvalue weighted by Gasteiger charge is -2.27. The fraction of sp³-hybridized carbons (Fsp3) is 0.667. The molecule has 0 atom stereocenters. The van der Waals surface area contributed by atoms with Crippen molar-refractivity contribution >= 4 is 5.91 Å². The van der Waals surface area contributed by atoms with Crippen molar-refractivity contribution in [2.24, 2.45) is 0 Å². The van der Waals surface area contributed by atoms with Gasteiger partial charge in [0.05, 0.1) is 33.7 Å². The molecule has 0 saturated carbocycles. The smallest absolute Gasteiger partial charge is 0.243 e. The van der Waals surface area contributed by atoms with Gasteiger partial charge in [-0.3, -0.25) is 4.79 Å². The van der Waals surface area contributed by atoms with E-state index in [4.69, 9.17) is 0 Å². The molecule has 0 radical (unpaired) electrons. The summed E-state index contributed by atoms with van der Waals surface area (Å²) in [7, 11) is 4.28. The predicted octanol–water partition coefficient (Wildman–Crippen LogP) is 0.385. The van der Waals surface area contributed by atoms with E-state index in [1.54, 1.807) is 0 Å². The van der Waals surface area contributed by atoms with Gasteiger partial charge in [0, 0.05) is 0 Å². The average molecular weight is 171 g/mol. The topological polar surface area (TPSA) is 29.1 Å². The SMILES string of the molecule is C=CC(=O)NCC[N+](C)(C)CC. The molecule has 12 heavy (non-hydrogen) atoms. The Hall–Kier alpha value is -0.830. The summed E-state index contributed by atoms with van der Waals surface area (Å²) in [5, 5.41) is 2.75. The number of nitrogens with one attached hydrogen (secondary N) is 1. The van der Waals surface area contributed by atoms with Crippen LogP contribution >= 0.6 is 0 Å². The van der Waals surface area contributed by atoms with E-state index in [9.17, 15) is 4.79 Å². The number of hydrogen-bond acceptors (Lipinski definition) is 1. The first-order chi connectivity index (χ1) is 5.52. The second kappa shape index (κ2) is 4.93. The molecule has 0 aromatic rings. The zero-order chi connectivity index (χ0) is 9.61. The summed E-state index contributed by atoms with van der Waals surface area (Å²) in [6, 6.07) is 0. The van der Waals surface area contributed by atoms with E-state index < -0.39 is 0 Å². The number of hydrogen-bond donors (Lipinski definition) is 1. The first-order valence-electron chi connectivity index (χ1n) is 4.24. The van der Waals surface area contributed by atoms with Crippen LogP contribution in [0.4, 0.5) is 0 Å². The Morgan fingerprint density at radius 1 is 1.58 bits per heavy atom. The van der Waals surface area contributed by atoms with Crippen LogP contribution in [0.15, 0.2) is 12.7 Å². The number of carbonyl (C=O) groups is 1. The van der Waals surface area contributed by atoms with E-state index >= 15 is 0 Å². The molecule has 0 aliphatic carbocycles. The van der Waals surface area contributed by atoms with Crippen LogP contribution in [0.5, 0.6) is 0 Å². The molecule has 0 bridgehead atoms. The normalized spacial score (nSPS) is 10.9. The Morgan fingerprint density at radius 2 is 2.17 bits per heavy atom. The van der Waals surface area contributed by atoms with Gasteiger partial charge in [0.25, 0.3) is 0 Å². The number of nitrogens with zero attached hydrogens (tertiary/aromatic N) is 1. The monoisotopic (exact) mass is 171 g/mol. The van der Waals surface area contributed by atoms with Crippen molar-refractivity contribution in [2.75, 3.05) is 33.7 Å². The van der Waals surface area contributed by atoms with Crippen LogP contribution in [0.2, 0.25) is 0 Å².